The number of imide groups is 1. The fraction of sp³-hybridized carbons (Fsp3) is 0.0952. The Hall–Kier alpha value is -3.50. The molecule has 0 bridgehead atoms. The smallest absolute Gasteiger partial charge is 0.419 e. The number of thioether (sulfide) groups is 1. The van der Waals surface area contributed by atoms with Gasteiger partial charge in [-0.15, -0.1) is 0 Å². The van der Waals surface area contributed by atoms with Crippen molar-refractivity contribution in [3.05, 3.63) is 70.6 Å². The van der Waals surface area contributed by atoms with E-state index in [4.69, 9.17) is 12.2 Å². The number of hydrogen-bond acceptors (Lipinski definition) is 6. The van der Waals surface area contributed by atoms with E-state index in [-0.39, 0.29) is 32.5 Å². The number of fused-ring (bicyclic) bond motifs is 1. The molecule has 8 nitrogen and oxygen atoms in total. The lowest BCUT2D eigenvalue weighted by atomic mass is 10.0. The van der Waals surface area contributed by atoms with Crippen LogP contribution >= 0.6 is 24.0 Å². The first kappa shape index (κ1) is 20.8. The largest absolute Gasteiger partial charge is 0.480 e. The minimum atomic E-state index is -1.48. The molecule has 1 saturated heterocycles. The highest BCUT2D eigenvalue weighted by Crippen LogP contribution is 2.45. The summed E-state index contributed by atoms with van der Waals surface area (Å²) in [7, 11) is 0. The monoisotopic (exact) mass is 454 g/mol. The third-order valence-corrected chi connectivity index (χ3v) is 6.32. The molecular formula is C21H14N2O6S2. The van der Waals surface area contributed by atoms with Crippen LogP contribution in [0.15, 0.2) is 59.5 Å². The van der Waals surface area contributed by atoms with Crippen LogP contribution in [0.2, 0.25) is 0 Å². The number of amides is 3. The van der Waals surface area contributed by atoms with E-state index in [2.05, 4.69) is 0 Å². The van der Waals surface area contributed by atoms with Gasteiger partial charge in [0.25, 0.3) is 11.8 Å². The second-order valence-electron chi connectivity index (χ2n) is 6.73. The van der Waals surface area contributed by atoms with Crippen molar-refractivity contribution in [1.82, 2.24) is 4.90 Å². The van der Waals surface area contributed by atoms with Crippen molar-refractivity contribution in [2.45, 2.75) is 12.5 Å². The van der Waals surface area contributed by atoms with Crippen molar-refractivity contribution < 1.29 is 29.4 Å². The Balaban J connectivity index is 1.77. The predicted octanol–water partition coefficient (Wildman–Crippen LogP) is 2.98. The maximum Gasteiger partial charge on any atom is 0.419 e. The number of thiocarbonyl (C=S) groups is 1. The number of anilines is 1. The fourth-order valence-electron chi connectivity index (χ4n) is 3.55. The molecule has 2 aliphatic rings. The lowest BCUT2D eigenvalue weighted by Crippen LogP contribution is -2.45. The van der Waals surface area contributed by atoms with Gasteiger partial charge in [0, 0.05) is 12.0 Å². The van der Waals surface area contributed by atoms with Crippen LogP contribution in [0.25, 0.3) is 5.57 Å². The molecule has 2 aliphatic heterocycles. The first-order chi connectivity index (χ1) is 14.8. The Morgan fingerprint density at radius 3 is 2.26 bits per heavy atom. The number of aliphatic carboxylic acids is 1. The van der Waals surface area contributed by atoms with Gasteiger partial charge in [-0.25, -0.2) is 14.5 Å². The van der Waals surface area contributed by atoms with Gasteiger partial charge in [0.05, 0.1) is 16.2 Å². The van der Waals surface area contributed by atoms with Gasteiger partial charge in [-0.05, 0) is 11.6 Å². The highest BCUT2D eigenvalue weighted by Gasteiger charge is 2.46. The van der Waals surface area contributed by atoms with Crippen molar-refractivity contribution in [2.24, 2.45) is 0 Å². The highest BCUT2D eigenvalue weighted by atomic mass is 32.2. The Kier molecular flexibility index (Phi) is 5.34. The van der Waals surface area contributed by atoms with Crippen LogP contribution in [0.3, 0.4) is 0 Å². The first-order valence-corrected chi connectivity index (χ1v) is 10.3. The summed E-state index contributed by atoms with van der Waals surface area (Å²) in [5.74, 6) is -2.84. The molecule has 0 aromatic heterocycles. The first-order valence-electron chi connectivity index (χ1n) is 9.04. The maximum absolute atomic E-state index is 13.2. The molecule has 2 heterocycles. The lowest BCUT2D eigenvalue weighted by Gasteiger charge is -2.23. The SMILES string of the molecule is O=C(O)C(Cc1ccccc1)N1C(=O)/C(=C2\C(=O)N(C(=O)O)c3ccccc32)SC1=S. The van der Waals surface area contributed by atoms with Crippen LogP contribution in [0.1, 0.15) is 11.1 Å². The number of nitrogens with zero attached hydrogens (tertiary/aromatic N) is 2. The van der Waals surface area contributed by atoms with E-state index in [1.807, 2.05) is 0 Å². The number of carbonyl (C=O) groups excluding carboxylic acids is 2. The Morgan fingerprint density at radius 2 is 1.61 bits per heavy atom. The summed E-state index contributed by atoms with van der Waals surface area (Å²) in [6, 6.07) is 13.7. The van der Waals surface area contributed by atoms with Crippen molar-refractivity contribution in [2.75, 3.05) is 4.90 Å². The molecule has 156 valence electrons. The van der Waals surface area contributed by atoms with Gasteiger partial charge in [-0.3, -0.25) is 14.5 Å². The number of rotatable bonds is 4. The fourth-order valence-corrected chi connectivity index (χ4v) is 4.98. The van der Waals surface area contributed by atoms with E-state index in [0.717, 1.165) is 16.7 Å². The van der Waals surface area contributed by atoms with Crippen LogP contribution < -0.4 is 4.90 Å². The van der Waals surface area contributed by atoms with Gasteiger partial charge >= 0.3 is 12.1 Å². The zero-order chi connectivity index (χ0) is 22.3. The molecule has 0 radical (unpaired) electrons. The molecule has 1 atom stereocenters. The molecule has 1 unspecified atom stereocenters. The van der Waals surface area contributed by atoms with Gasteiger partial charge in [-0.2, -0.15) is 0 Å². The normalized spacial score (nSPS) is 19.0. The molecule has 2 N–H and O–H groups in total. The molecule has 3 amide bonds. The minimum Gasteiger partial charge on any atom is -0.480 e. The Labute approximate surface area is 185 Å². The average Bonchev–Trinajstić information content (AvgIpc) is 3.19. The number of carboxylic acids is 1. The van der Waals surface area contributed by atoms with Crippen LogP contribution in [0, 0.1) is 0 Å². The number of benzene rings is 2. The van der Waals surface area contributed by atoms with Crippen LogP contribution in [-0.4, -0.2) is 49.4 Å². The average molecular weight is 454 g/mol. The molecule has 0 saturated carbocycles. The summed E-state index contributed by atoms with van der Waals surface area (Å²) in [5, 5.41) is 19.2. The van der Waals surface area contributed by atoms with Gasteiger partial charge in [-0.1, -0.05) is 72.5 Å². The minimum absolute atomic E-state index is 0.00473. The molecule has 4 rings (SSSR count). The number of carboxylic acid groups (broad SMARTS) is 2. The van der Waals surface area contributed by atoms with Gasteiger partial charge in [0.15, 0.2) is 0 Å². The van der Waals surface area contributed by atoms with Gasteiger partial charge in [0.2, 0.25) is 0 Å². The maximum atomic E-state index is 13.2. The summed E-state index contributed by atoms with van der Waals surface area (Å²) in [4.78, 5) is 51.2. The van der Waals surface area contributed by atoms with Gasteiger partial charge in [0.1, 0.15) is 10.4 Å². The molecule has 2 aromatic carbocycles. The highest BCUT2D eigenvalue weighted by molar-refractivity contribution is 8.26. The van der Waals surface area contributed by atoms with E-state index in [1.54, 1.807) is 42.5 Å². The van der Waals surface area contributed by atoms with E-state index in [1.165, 1.54) is 12.1 Å². The molecule has 0 spiro atoms. The van der Waals surface area contributed by atoms with Crippen LogP contribution in [0.5, 0.6) is 0 Å². The zero-order valence-corrected chi connectivity index (χ0v) is 17.4. The van der Waals surface area contributed by atoms with E-state index < -0.39 is 29.9 Å². The molecular weight excluding hydrogens is 440 g/mol. The quantitative estimate of drug-likeness (QED) is 0.535. The van der Waals surface area contributed by atoms with Crippen molar-refractivity contribution in [3.63, 3.8) is 0 Å². The molecule has 10 heteroatoms. The summed E-state index contributed by atoms with van der Waals surface area (Å²) < 4.78 is -0.00473. The molecule has 1 fully saturated rings. The summed E-state index contributed by atoms with van der Waals surface area (Å²) in [6.45, 7) is 0. The van der Waals surface area contributed by atoms with E-state index in [0.29, 0.717) is 10.5 Å². The standard InChI is InChI=1S/C21H14N2O6S2/c24-17-15(12-8-4-5-9-13(12)22(17)20(28)29)16-18(25)23(21(30)31-16)14(19(26)27)10-11-6-2-1-3-7-11/h1-9,14H,10H2,(H,26,27)(H,28,29)/b16-15+. The number of hydrogen-bond donors (Lipinski definition) is 2. The third-order valence-electron chi connectivity index (χ3n) is 4.92. The second-order valence-corrected chi connectivity index (χ2v) is 8.38. The van der Waals surface area contributed by atoms with Crippen LogP contribution in [-0.2, 0) is 20.8 Å². The number of para-hydroxylation sites is 1. The lowest BCUT2D eigenvalue weighted by molar-refractivity contribution is -0.145. The summed E-state index contributed by atoms with van der Waals surface area (Å²) in [5.41, 5.74) is 1.03. The second kappa shape index (κ2) is 7.97. The summed E-state index contributed by atoms with van der Waals surface area (Å²) >= 11 is 6.09. The zero-order valence-electron chi connectivity index (χ0n) is 15.7. The summed E-state index contributed by atoms with van der Waals surface area (Å²) in [6.07, 6.45) is -1.45. The van der Waals surface area contributed by atoms with E-state index in [9.17, 15) is 29.4 Å². The number of carbonyl (C=O) groups is 4. The molecule has 0 aliphatic carbocycles. The topological polar surface area (TPSA) is 115 Å². The van der Waals surface area contributed by atoms with Crippen molar-refractivity contribution in [1.29, 1.82) is 0 Å². The Morgan fingerprint density at radius 1 is 0.968 bits per heavy atom. The van der Waals surface area contributed by atoms with Gasteiger partial charge < -0.3 is 10.2 Å². The van der Waals surface area contributed by atoms with E-state index >= 15 is 0 Å². The molecule has 2 aromatic rings. The molecule has 31 heavy (non-hydrogen) atoms. The van der Waals surface area contributed by atoms with Crippen molar-refractivity contribution >= 4 is 63.4 Å². The third kappa shape index (κ3) is 3.49. The van der Waals surface area contributed by atoms with Crippen molar-refractivity contribution in [3.8, 4) is 0 Å². The Bertz CT molecular complexity index is 1180. The van der Waals surface area contributed by atoms with Crippen LogP contribution in [0.4, 0.5) is 10.5 Å². The predicted molar refractivity (Wildman–Crippen MR) is 117 cm³/mol.